The van der Waals surface area contributed by atoms with Crippen molar-refractivity contribution in [2.24, 2.45) is 5.92 Å². The largest absolute Gasteiger partial charge is 0.494 e. The van der Waals surface area contributed by atoms with Gasteiger partial charge in [-0.1, -0.05) is 37.7 Å². The van der Waals surface area contributed by atoms with E-state index in [1.165, 1.54) is 11.8 Å². The lowest BCUT2D eigenvalue weighted by atomic mass is 10.0. The molecule has 0 saturated heterocycles. The zero-order valence-electron chi connectivity index (χ0n) is 15.5. The standard InChI is InChI=1S/C18H25N5O2S/c1-5-25-14-8-6-13(7-9-14)15-16(17(24)19-10-11(2)3)26-18-21-20-12(4)23(18)22-15/h6-9,11,15-16,22H,5,10H2,1-4H3,(H,19,24)/t15-,16+/m0/s1. The lowest BCUT2D eigenvalue weighted by Crippen LogP contribution is -2.44. The average Bonchev–Trinajstić information content (AvgIpc) is 3.00. The van der Waals surface area contributed by atoms with Crippen molar-refractivity contribution in [3.05, 3.63) is 35.7 Å². The van der Waals surface area contributed by atoms with E-state index in [2.05, 4.69) is 34.8 Å². The van der Waals surface area contributed by atoms with Gasteiger partial charge >= 0.3 is 0 Å². The molecule has 8 heteroatoms. The third-order valence-corrected chi connectivity index (χ3v) is 5.31. The van der Waals surface area contributed by atoms with Crippen LogP contribution in [0, 0.1) is 12.8 Å². The predicted molar refractivity (Wildman–Crippen MR) is 102 cm³/mol. The van der Waals surface area contributed by atoms with E-state index in [-0.39, 0.29) is 17.2 Å². The van der Waals surface area contributed by atoms with Gasteiger partial charge in [0.05, 0.1) is 12.6 Å². The van der Waals surface area contributed by atoms with Crippen LogP contribution < -0.4 is 15.5 Å². The first-order chi connectivity index (χ1) is 12.5. The summed E-state index contributed by atoms with van der Waals surface area (Å²) in [6.45, 7) is 9.28. The molecule has 0 unspecified atom stereocenters. The van der Waals surface area contributed by atoms with Crippen LogP contribution in [0.4, 0.5) is 0 Å². The molecule has 140 valence electrons. The van der Waals surface area contributed by atoms with Crippen molar-refractivity contribution < 1.29 is 9.53 Å². The summed E-state index contributed by atoms with van der Waals surface area (Å²) in [5.41, 5.74) is 4.42. The number of thioether (sulfide) groups is 1. The molecule has 0 spiro atoms. The third kappa shape index (κ3) is 3.95. The molecule has 3 rings (SSSR count). The highest BCUT2D eigenvalue weighted by atomic mass is 32.2. The summed E-state index contributed by atoms with van der Waals surface area (Å²) in [4.78, 5) is 12.8. The first-order valence-electron chi connectivity index (χ1n) is 8.85. The molecule has 2 aromatic rings. The molecule has 0 fully saturated rings. The van der Waals surface area contributed by atoms with Gasteiger partial charge in [-0.15, -0.1) is 10.2 Å². The molecular weight excluding hydrogens is 350 g/mol. The van der Waals surface area contributed by atoms with Gasteiger partial charge in [-0.2, -0.15) is 0 Å². The quantitative estimate of drug-likeness (QED) is 0.807. The van der Waals surface area contributed by atoms with E-state index in [1.807, 2.05) is 42.8 Å². The third-order valence-electron chi connectivity index (χ3n) is 4.09. The number of aromatic nitrogens is 3. The highest BCUT2D eigenvalue weighted by molar-refractivity contribution is 8.00. The number of aryl methyl sites for hydroxylation is 1. The monoisotopic (exact) mass is 375 g/mol. The summed E-state index contributed by atoms with van der Waals surface area (Å²) in [7, 11) is 0. The zero-order chi connectivity index (χ0) is 18.7. The minimum atomic E-state index is -0.331. The summed E-state index contributed by atoms with van der Waals surface area (Å²) in [5, 5.41) is 11.7. The maximum Gasteiger partial charge on any atom is 0.236 e. The molecule has 26 heavy (non-hydrogen) atoms. The van der Waals surface area contributed by atoms with Gasteiger partial charge in [0.25, 0.3) is 0 Å². The van der Waals surface area contributed by atoms with Gasteiger partial charge in [0.15, 0.2) is 0 Å². The maximum atomic E-state index is 12.8. The summed E-state index contributed by atoms with van der Waals surface area (Å²) in [6, 6.07) is 7.67. The number of benzene rings is 1. The Morgan fingerprint density at radius 1 is 1.35 bits per heavy atom. The molecule has 7 nitrogen and oxygen atoms in total. The fourth-order valence-electron chi connectivity index (χ4n) is 2.75. The second kappa shape index (κ2) is 7.99. The van der Waals surface area contributed by atoms with Gasteiger partial charge in [0.1, 0.15) is 16.8 Å². The van der Waals surface area contributed by atoms with E-state index in [0.29, 0.717) is 24.2 Å². The van der Waals surface area contributed by atoms with Gasteiger partial charge in [0.2, 0.25) is 11.1 Å². The van der Waals surface area contributed by atoms with Crippen molar-refractivity contribution in [2.45, 2.75) is 44.1 Å². The summed E-state index contributed by atoms with van der Waals surface area (Å²) < 4.78 is 7.37. The Morgan fingerprint density at radius 2 is 2.08 bits per heavy atom. The SMILES string of the molecule is CCOc1ccc([C@@H]2Nn3c(C)nnc3S[C@H]2C(=O)NCC(C)C)cc1. The number of hydrogen-bond donors (Lipinski definition) is 2. The smallest absolute Gasteiger partial charge is 0.236 e. The minimum absolute atomic E-state index is 0.00184. The summed E-state index contributed by atoms with van der Waals surface area (Å²) in [6.07, 6.45) is 0. The van der Waals surface area contributed by atoms with Crippen molar-refractivity contribution in [1.82, 2.24) is 20.2 Å². The van der Waals surface area contributed by atoms with Crippen LogP contribution in [0.5, 0.6) is 5.75 Å². The van der Waals surface area contributed by atoms with E-state index in [1.54, 1.807) is 0 Å². The van der Waals surface area contributed by atoms with Gasteiger partial charge in [0, 0.05) is 6.54 Å². The van der Waals surface area contributed by atoms with Crippen LogP contribution in [0.2, 0.25) is 0 Å². The lowest BCUT2D eigenvalue weighted by molar-refractivity contribution is -0.121. The van der Waals surface area contributed by atoms with Crippen molar-refractivity contribution in [3.63, 3.8) is 0 Å². The number of carbonyl (C=O) groups is 1. The minimum Gasteiger partial charge on any atom is -0.494 e. The number of nitrogens with one attached hydrogen (secondary N) is 2. The average molecular weight is 375 g/mol. The normalized spacial score (nSPS) is 19.0. The second-order valence-corrected chi connectivity index (χ2v) is 7.76. The van der Waals surface area contributed by atoms with Gasteiger partial charge < -0.3 is 15.5 Å². The van der Waals surface area contributed by atoms with Crippen LogP contribution >= 0.6 is 11.8 Å². The van der Waals surface area contributed by atoms with Crippen LogP contribution in [0.1, 0.15) is 38.2 Å². The van der Waals surface area contributed by atoms with Gasteiger partial charge in [-0.3, -0.25) is 4.79 Å². The molecular formula is C18H25N5O2S. The number of amides is 1. The first-order valence-corrected chi connectivity index (χ1v) is 9.73. The highest BCUT2D eigenvalue weighted by Gasteiger charge is 2.37. The number of carbonyl (C=O) groups excluding carboxylic acids is 1. The van der Waals surface area contributed by atoms with Crippen molar-refractivity contribution >= 4 is 17.7 Å². The maximum absolute atomic E-state index is 12.8. The van der Waals surface area contributed by atoms with Crippen molar-refractivity contribution in [3.8, 4) is 5.75 Å². The van der Waals surface area contributed by atoms with Crippen molar-refractivity contribution in [2.75, 3.05) is 18.6 Å². The van der Waals surface area contributed by atoms with Crippen molar-refractivity contribution in [1.29, 1.82) is 0 Å². The van der Waals surface area contributed by atoms with Crippen LogP contribution in [0.15, 0.2) is 29.4 Å². The number of fused-ring (bicyclic) bond motifs is 1. The van der Waals surface area contributed by atoms with E-state index in [4.69, 9.17) is 4.74 Å². The summed E-state index contributed by atoms with van der Waals surface area (Å²) >= 11 is 1.44. The Hall–Kier alpha value is -2.22. The second-order valence-electron chi connectivity index (χ2n) is 6.65. The molecule has 1 aliphatic rings. The fraction of sp³-hybridized carbons (Fsp3) is 0.500. The molecule has 0 aliphatic carbocycles. The van der Waals surface area contributed by atoms with E-state index >= 15 is 0 Å². The fourth-order valence-corrected chi connectivity index (χ4v) is 3.90. The van der Waals surface area contributed by atoms with E-state index in [9.17, 15) is 4.79 Å². The van der Waals surface area contributed by atoms with Gasteiger partial charge in [-0.25, -0.2) is 4.68 Å². The molecule has 2 heterocycles. The Balaban J connectivity index is 1.87. The molecule has 2 atom stereocenters. The highest BCUT2D eigenvalue weighted by Crippen LogP contribution is 2.37. The number of rotatable bonds is 6. The van der Waals surface area contributed by atoms with Crippen LogP contribution in [0.3, 0.4) is 0 Å². The van der Waals surface area contributed by atoms with E-state index in [0.717, 1.165) is 17.1 Å². The topological polar surface area (TPSA) is 81.1 Å². The van der Waals surface area contributed by atoms with Gasteiger partial charge in [-0.05, 0) is 37.5 Å². The molecule has 0 bridgehead atoms. The van der Waals surface area contributed by atoms with Crippen LogP contribution in [0.25, 0.3) is 0 Å². The predicted octanol–water partition coefficient (Wildman–Crippen LogP) is 2.52. The molecule has 0 radical (unpaired) electrons. The molecule has 0 saturated carbocycles. The first kappa shape index (κ1) is 18.6. The molecule has 1 aromatic heterocycles. The molecule has 1 aromatic carbocycles. The molecule has 1 amide bonds. The zero-order valence-corrected chi connectivity index (χ0v) is 16.3. The van der Waals surface area contributed by atoms with Crippen LogP contribution in [-0.4, -0.2) is 39.2 Å². The summed E-state index contributed by atoms with van der Waals surface area (Å²) in [5.74, 6) is 1.99. The number of ether oxygens (including phenoxy) is 1. The Bertz CT molecular complexity index is 759. The Kier molecular flexibility index (Phi) is 5.70. The van der Waals surface area contributed by atoms with E-state index < -0.39 is 0 Å². The lowest BCUT2D eigenvalue weighted by Gasteiger charge is -2.33. The molecule has 2 N–H and O–H groups in total. The molecule has 1 aliphatic heterocycles. The Morgan fingerprint density at radius 3 is 2.73 bits per heavy atom. The van der Waals surface area contributed by atoms with Crippen LogP contribution in [-0.2, 0) is 4.79 Å². The number of hydrogen-bond acceptors (Lipinski definition) is 6. The Labute approximate surface area is 157 Å². The number of nitrogens with zero attached hydrogens (tertiary/aromatic N) is 3.